The van der Waals surface area contributed by atoms with Crippen LogP contribution in [0.1, 0.15) is 75.3 Å². The van der Waals surface area contributed by atoms with Crippen molar-refractivity contribution in [3.8, 4) is 0 Å². The molecule has 38 heavy (non-hydrogen) atoms. The molecule has 2 N–H and O–H groups in total. The van der Waals surface area contributed by atoms with Gasteiger partial charge in [0.2, 0.25) is 23.4 Å². The maximum atomic E-state index is 13.4. The number of nitrogens with one attached hydrogen (secondary N) is 2. The molecule has 2 aromatic rings. The van der Waals surface area contributed by atoms with Crippen LogP contribution in [0, 0.1) is 31.1 Å². The van der Waals surface area contributed by atoms with Gasteiger partial charge in [-0.3, -0.25) is 19.2 Å². The van der Waals surface area contributed by atoms with E-state index in [1.54, 1.807) is 17.1 Å². The molecular formula is C30H28N4O4. The zero-order valence-electron chi connectivity index (χ0n) is 21.4. The lowest BCUT2D eigenvalue weighted by atomic mass is 9.75. The van der Waals surface area contributed by atoms with Crippen LogP contribution in [0.25, 0.3) is 0 Å². The minimum atomic E-state index is -0.195. The summed E-state index contributed by atoms with van der Waals surface area (Å²) in [4.78, 5) is 62.3. The summed E-state index contributed by atoms with van der Waals surface area (Å²) in [5, 5.41) is 0. The van der Waals surface area contributed by atoms with Gasteiger partial charge in [-0.2, -0.15) is 0 Å². The van der Waals surface area contributed by atoms with E-state index in [1.165, 1.54) is 0 Å². The Bertz CT molecular complexity index is 1660. The Morgan fingerprint density at radius 1 is 0.895 bits per heavy atom. The van der Waals surface area contributed by atoms with Crippen LogP contribution in [0.2, 0.25) is 0 Å². The predicted octanol–water partition coefficient (Wildman–Crippen LogP) is 3.19. The molecule has 2 saturated heterocycles. The molecule has 5 atom stereocenters. The summed E-state index contributed by atoms with van der Waals surface area (Å²) in [6, 6.07) is 0. The summed E-state index contributed by atoms with van der Waals surface area (Å²) in [6.45, 7) is 5.38. The van der Waals surface area contributed by atoms with Gasteiger partial charge in [0.25, 0.3) is 0 Å². The van der Waals surface area contributed by atoms with Gasteiger partial charge in [0.15, 0.2) is 0 Å². The van der Waals surface area contributed by atoms with Crippen LogP contribution in [0.15, 0.2) is 35.9 Å². The molecule has 2 aromatic heterocycles. The summed E-state index contributed by atoms with van der Waals surface area (Å²) in [5.74, 6) is 0.767. The minimum absolute atomic E-state index is 0.000442. The van der Waals surface area contributed by atoms with E-state index in [0.29, 0.717) is 42.7 Å². The molecule has 8 nitrogen and oxygen atoms in total. The summed E-state index contributed by atoms with van der Waals surface area (Å²) in [6.07, 6.45) is 10.2. The number of fused-ring (bicyclic) bond motifs is 2. The van der Waals surface area contributed by atoms with Crippen molar-refractivity contribution >= 4 is 23.4 Å². The van der Waals surface area contributed by atoms with Crippen LogP contribution in [-0.2, 0) is 20.4 Å². The maximum absolute atomic E-state index is 13.4. The van der Waals surface area contributed by atoms with Crippen LogP contribution in [0.4, 0.5) is 0 Å². The summed E-state index contributed by atoms with van der Waals surface area (Å²) in [7, 11) is 0. The van der Waals surface area contributed by atoms with Gasteiger partial charge in [-0.1, -0.05) is 0 Å². The van der Waals surface area contributed by atoms with E-state index in [-0.39, 0.29) is 52.5 Å². The van der Waals surface area contributed by atoms with Crippen molar-refractivity contribution in [3.63, 3.8) is 0 Å². The van der Waals surface area contributed by atoms with Gasteiger partial charge >= 0.3 is 0 Å². The highest BCUT2D eigenvalue weighted by atomic mass is 16.2. The number of H-pyrrole nitrogens is 2. The number of hydrogen-bond acceptors (Lipinski definition) is 4. The van der Waals surface area contributed by atoms with Gasteiger partial charge in [-0.25, -0.2) is 0 Å². The molecular weight excluding hydrogens is 480 g/mol. The van der Waals surface area contributed by atoms with E-state index >= 15 is 0 Å². The third-order valence-electron chi connectivity index (χ3n) is 11.1. The highest BCUT2D eigenvalue weighted by molar-refractivity contribution is 6.09. The Balaban J connectivity index is 0.910. The number of amides is 2. The lowest BCUT2D eigenvalue weighted by Gasteiger charge is -2.31. The molecule has 192 valence electrons. The largest absolute Gasteiger partial charge is 0.358 e. The van der Waals surface area contributed by atoms with E-state index in [2.05, 4.69) is 9.97 Å². The number of allylic oxidation sites excluding steroid dienone is 4. The molecule has 2 amide bonds. The predicted molar refractivity (Wildman–Crippen MR) is 135 cm³/mol. The van der Waals surface area contributed by atoms with E-state index in [1.807, 2.05) is 31.1 Å². The fourth-order valence-electron chi connectivity index (χ4n) is 9.32. The molecule has 0 bridgehead atoms. The number of carbonyl (C=O) groups is 4. The molecule has 3 spiro atoms. The van der Waals surface area contributed by atoms with Crippen molar-refractivity contribution < 1.29 is 19.2 Å². The second-order valence-corrected chi connectivity index (χ2v) is 12.7. The number of aromatic nitrogens is 2. The van der Waals surface area contributed by atoms with Gasteiger partial charge in [0.05, 0.1) is 11.4 Å². The standard InChI is InChI=1S/C30H28N4O4/c1-14-10-31-26-17(35)6-20-29(24(14)26)8-16(29)12-33(20)22(37)4-3-5-23(38)34-13-28-9-19(28)30(28)21(34)7-18(36)27-25(30)15(2)11-32-27/h6-7,10-11,16,19,31-32H,3-5,8-9,12-13H2,1-2H3/t16-,19?,28?,29?,30?/m1/s1. The second kappa shape index (κ2) is 6.14. The Morgan fingerprint density at radius 3 is 2.24 bits per heavy atom. The average Bonchev–Trinajstić information content (AvgIpc) is 3.73. The normalized spacial score (nSPS) is 35.8. The molecule has 0 aromatic carbocycles. The summed E-state index contributed by atoms with van der Waals surface area (Å²) in [5.41, 5.74) is 7.21. The molecule has 0 radical (unpaired) electrons. The van der Waals surface area contributed by atoms with Crippen LogP contribution in [0.3, 0.4) is 0 Å². The molecule has 4 unspecified atom stereocenters. The van der Waals surface area contributed by atoms with Gasteiger partial charge in [-0.05, 0) is 67.2 Å². The molecule has 3 saturated carbocycles. The summed E-state index contributed by atoms with van der Waals surface area (Å²) < 4.78 is 0. The smallest absolute Gasteiger partial charge is 0.226 e. The Morgan fingerprint density at radius 2 is 1.53 bits per heavy atom. The first-order chi connectivity index (χ1) is 18.3. The zero-order chi connectivity index (χ0) is 25.9. The lowest BCUT2D eigenvalue weighted by molar-refractivity contribution is -0.130. The first-order valence-corrected chi connectivity index (χ1v) is 13.8. The van der Waals surface area contributed by atoms with E-state index < -0.39 is 0 Å². The number of likely N-dealkylation sites (tertiary alicyclic amines) is 2. The molecule has 4 heterocycles. The SMILES string of the molecule is Cc1c[nH]c2c1C13C[C@@H]1CN(C(=O)CCCC(=O)N1CC45CC4C54C1=CC(=O)c1[nH]cc(C)c14)C3=CC2=O. The zero-order valence-corrected chi connectivity index (χ0v) is 21.4. The first-order valence-electron chi connectivity index (χ1n) is 13.8. The highest BCUT2D eigenvalue weighted by Crippen LogP contribution is 2.94. The maximum Gasteiger partial charge on any atom is 0.226 e. The Labute approximate surface area is 219 Å². The van der Waals surface area contributed by atoms with Crippen LogP contribution >= 0.6 is 0 Å². The molecule has 9 rings (SSSR count). The van der Waals surface area contributed by atoms with Gasteiger partial charge in [0.1, 0.15) is 0 Å². The quantitative estimate of drug-likeness (QED) is 0.662. The lowest BCUT2D eigenvalue weighted by Crippen LogP contribution is -2.35. The fourth-order valence-corrected chi connectivity index (χ4v) is 9.32. The van der Waals surface area contributed by atoms with E-state index in [4.69, 9.17) is 0 Å². The fraction of sp³-hybridized carbons (Fsp3) is 0.467. The van der Waals surface area contributed by atoms with E-state index in [0.717, 1.165) is 46.5 Å². The van der Waals surface area contributed by atoms with Crippen molar-refractivity contribution in [1.82, 2.24) is 19.8 Å². The number of hydrogen-bond donors (Lipinski definition) is 2. The van der Waals surface area contributed by atoms with Crippen molar-refractivity contribution in [2.45, 2.75) is 56.8 Å². The monoisotopic (exact) mass is 508 g/mol. The van der Waals surface area contributed by atoms with Crippen LogP contribution in [-0.4, -0.2) is 56.2 Å². The number of aromatic amines is 2. The molecule has 5 fully saturated rings. The molecule has 7 aliphatic rings. The summed E-state index contributed by atoms with van der Waals surface area (Å²) >= 11 is 0. The van der Waals surface area contributed by atoms with E-state index in [9.17, 15) is 19.2 Å². The van der Waals surface area contributed by atoms with Gasteiger partial charge in [0, 0.05) is 78.1 Å². The molecule has 5 aliphatic carbocycles. The highest BCUT2D eigenvalue weighted by Gasteiger charge is 2.95. The van der Waals surface area contributed by atoms with Crippen molar-refractivity contribution in [3.05, 3.63) is 69.6 Å². The number of nitrogens with zero attached hydrogens (tertiary/aromatic N) is 2. The topological polar surface area (TPSA) is 106 Å². The third-order valence-corrected chi connectivity index (χ3v) is 11.1. The number of ketones is 2. The first kappa shape index (κ1) is 21.3. The Hall–Kier alpha value is -3.68. The minimum Gasteiger partial charge on any atom is -0.358 e. The van der Waals surface area contributed by atoms with Gasteiger partial charge < -0.3 is 19.8 Å². The number of carbonyl (C=O) groups excluding carboxylic acids is 4. The number of aryl methyl sites for hydroxylation is 2. The average molecular weight is 509 g/mol. The number of piperidine rings is 2. The molecule has 2 aliphatic heterocycles. The van der Waals surface area contributed by atoms with Crippen molar-refractivity contribution in [2.75, 3.05) is 13.1 Å². The van der Waals surface area contributed by atoms with Crippen LogP contribution < -0.4 is 0 Å². The molecule has 8 heteroatoms. The van der Waals surface area contributed by atoms with Gasteiger partial charge in [-0.15, -0.1) is 0 Å². The Kier molecular flexibility index (Phi) is 3.43. The number of rotatable bonds is 4. The van der Waals surface area contributed by atoms with Crippen LogP contribution in [0.5, 0.6) is 0 Å². The van der Waals surface area contributed by atoms with Crippen molar-refractivity contribution in [1.29, 1.82) is 0 Å². The third kappa shape index (κ3) is 2.05. The second-order valence-electron chi connectivity index (χ2n) is 12.7. The van der Waals surface area contributed by atoms with Crippen molar-refractivity contribution in [2.24, 2.45) is 17.3 Å².